The van der Waals surface area contributed by atoms with Crippen molar-refractivity contribution in [3.63, 3.8) is 0 Å². The number of hydrogen-bond donors (Lipinski definition) is 1. The van der Waals surface area contributed by atoms with Gasteiger partial charge in [0.25, 0.3) is 0 Å². The molecule has 1 saturated carbocycles. The Morgan fingerprint density at radius 3 is 2.05 bits per heavy atom. The molecule has 19 heavy (non-hydrogen) atoms. The van der Waals surface area contributed by atoms with Crippen LogP contribution in [0.5, 0.6) is 0 Å². The molecule has 2 aromatic carbocycles. The second-order valence-electron chi connectivity index (χ2n) is 6.97. The fourth-order valence-corrected chi connectivity index (χ4v) is 3.62. The summed E-state index contributed by atoms with van der Waals surface area (Å²) in [6.45, 7) is 9.01. The molecule has 1 fully saturated rings. The molecule has 0 aromatic heterocycles. The molecule has 0 aliphatic heterocycles. The summed E-state index contributed by atoms with van der Waals surface area (Å²) in [7, 11) is 0. The summed E-state index contributed by atoms with van der Waals surface area (Å²) >= 11 is 0. The highest BCUT2D eigenvalue weighted by Crippen LogP contribution is 2.72. The van der Waals surface area contributed by atoms with Crippen LogP contribution in [0.4, 0.5) is 0 Å². The monoisotopic (exact) mass is 254 g/mol. The molecule has 1 atom stereocenters. The lowest BCUT2D eigenvalue weighted by Gasteiger charge is -2.14. The smallest absolute Gasteiger partial charge is 0.0829 e. The molecule has 1 N–H and O–H groups in total. The molecular formula is C18H22O. The van der Waals surface area contributed by atoms with Crippen molar-refractivity contribution in [3.8, 4) is 0 Å². The maximum absolute atomic E-state index is 10.7. The predicted octanol–water partition coefficient (Wildman–Crippen LogP) is 4.56. The Balaban J connectivity index is 1.97. The highest BCUT2D eigenvalue weighted by Gasteiger charge is 2.67. The number of benzene rings is 2. The Bertz CT molecular complexity index is 610. The topological polar surface area (TPSA) is 20.2 Å². The summed E-state index contributed by atoms with van der Waals surface area (Å²) in [5.41, 5.74) is 1.46. The molecule has 0 heterocycles. The summed E-state index contributed by atoms with van der Waals surface area (Å²) in [4.78, 5) is 0. The summed E-state index contributed by atoms with van der Waals surface area (Å²) in [6.07, 6.45) is -0.366. The molecule has 3 rings (SSSR count). The Morgan fingerprint density at radius 2 is 1.47 bits per heavy atom. The van der Waals surface area contributed by atoms with Gasteiger partial charge in [0.15, 0.2) is 0 Å². The average molecular weight is 254 g/mol. The van der Waals surface area contributed by atoms with E-state index in [4.69, 9.17) is 0 Å². The largest absolute Gasteiger partial charge is 0.388 e. The van der Waals surface area contributed by atoms with E-state index in [1.165, 1.54) is 10.8 Å². The lowest BCUT2D eigenvalue weighted by Crippen LogP contribution is -2.05. The third kappa shape index (κ3) is 1.72. The van der Waals surface area contributed by atoms with Gasteiger partial charge in [0, 0.05) is 5.92 Å². The molecule has 0 saturated heterocycles. The lowest BCUT2D eigenvalue weighted by molar-refractivity contribution is 0.131. The van der Waals surface area contributed by atoms with Gasteiger partial charge in [0.05, 0.1) is 6.10 Å². The van der Waals surface area contributed by atoms with Gasteiger partial charge in [-0.15, -0.1) is 0 Å². The van der Waals surface area contributed by atoms with Crippen LogP contribution < -0.4 is 0 Å². The number of aliphatic hydroxyl groups excluding tert-OH is 1. The Kier molecular flexibility index (Phi) is 2.56. The fraction of sp³-hybridized carbons (Fsp3) is 0.444. The van der Waals surface area contributed by atoms with E-state index in [-0.39, 0.29) is 16.9 Å². The van der Waals surface area contributed by atoms with Gasteiger partial charge in [0.2, 0.25) is 0 Å². The molecule has 1 aliphatic rings. The fourth-order valence-electron chi connectivity index (χ4n) is 3.62. The maximum Gasteiger partial charge on any atom is 0.0829 e. The summed E-state index contributed by atoms with van der Waals surface area (Å²) in [5.74, 6) is 0.334. The molecule has 0 bridgehead atoms. The molecule has 0 radical (unpaired) electrons. The molecule has 0 spiro atoms. The van der Waals surface area contributed by atoms with Crippen LogP contribution in [0, 0.1) is 16.7 Å². The van der Waals surface area contributed by atoms with Gasteiger partial charge < -0.3 is 5.11 Å². The number of hydrogen-bond acceptors (Lipinski definition) is 1. The molecular weight excluding hydrogens is 232 g/mol. The van der Waals surface area contributed by atoms with Crippen molar-refractivity contribution in [1.82, 2.24) is 0 Å². The van der Waals surface area contributed by atoms with E-state index in [1.807, 2.05) is 12.1 Å². The van der Waals surface area contributed by atoms with Crippen LogP contribution in [0.15, 0.2) is 42.5 Å². The van der Waals surface area contributed by atoms with Crippen molar-refractivity contribution < 1.29 is 5.11 Å². The molecule has 100 valence electrons. The van der Waals surface area contributed by atoms with Crippen molar-refractivity contribution in [1.29, 1.82) is 0 Å². The van der Waals surface area contributed by atoms with Gasteiger partial charge in [-0.2, -0.15) is 0 Å². The van der Waals surface area contributed by atoms with Crippen molar-refractivity contribution in [2.45, 2.75) is 33.8 Å². The van der Waals surface area contributed by atoms with Crippen LogP contribution in [0.1, 0.15) is 39.4 Å². The molecule has 1 nitrogen and oxygen atoms in total. The Hall–Kier alpha value is -1.34. The van der Waals surface area contributed by atoms with Gasteiger partial charge in [-0.1, -0.05) is 64.1 Å². The van der Waals surface area contributed by atoms with E-state index in [9.17, 15) is 5.11 Å². The lowest BCUT2D eigenvalue weighted by atomic mass is 9.97. The van der Waals surface area contributed by atoms with Crippen molar-refractivity contribution in [3.05, 3.63) is 48.0 Å². The van der Waals surface area contributed by atoms with Crippen LogP contribution in [0.25, 0.3) is 10.8 Å². The maximum atomic E-state index is 10.7. The van der Waals surface area contributed by atoms with Gasteiger partial charge in [0.1, 0.15) is 0 Å². The third-order valence-corrected chi connectivity index (χ3v) is 5.56. The van der Waals surface area contributed by atoms with Crippen LogP contribution >= 0.6 is 0 Å². The van der Waals surface area contributed by atoms with Gasteiger partial charge in [-0.05, 0) is 33.2 Å². The van der Waals surface area contributed by atoms with Crippen molar-refractivity contribution in [2.75, 3.05) is 0 Å². The zero-order chi connectivity index (χ0) is 13.8. The van der Waals surface area contributed by atoms with E-state index in [2.05, 4.69) is 58.0 Å². The minimum absolute atomic E-state index is 0.206. The normalized spacial score (nSPS) is 22.4. The molecule has 1 unspecified atom stereocenters. The second kappa shape index (κ2) is 3.83. The van der Waals surface area contributed by atoms with Gasteiger partial charge >= 0.3 is 0 Å². The standard InChI is InChI=1S/C18H22O/c1-17(2)16(18(17,3)4)15(19)14-10-9-12-7-5-6-8-13(12)11-14/h5-11,15-16,19H,1-4H3. The molecule has 1 aliphatic carbocycles. The molecule has 2 aromatic rings. The van der Waals surface area contributed by atoms with E-state index in [0.717, 1.165) is 5.56 Å². The highest BCUT2D eigenvalue weighted by molar-refractivity contribution is 5.83. The predicted molar refractivity (Wildman–Crippen MR) is 80.0 cm³/mol. The quantitative estimate of drug-likeness (QED) is 0.833. The summed E-state index contributed by atoms with van der Waals surface area (Å²) < 4.78 is 0. The first-order chi connectivity index (χ1) is 8.85. The van der Waals surface area contributed by atoms with Gasteiger partial charge in [-0.3, -0.25) is 0 Å². The summed E-state index contributed by atoms with van der Waals surface area (Å²) in [6, 6.07) is 14.6. The zero-order valence-electron chi connectivity index (χ0n) is 12.1. The number of rotatable bonds is 2. The zero-order valence-corrected chi connectivity index (χ0v) is 12.1. The third-order valence-electron chi connectivity index (χ3n) is 5.56. The minimum atomic E-state index is -0.366. The molecule has 0 amide bonds. The van der Waals surface area contributed by atoms with Crippen LogP contribution in [-0.2, 0) is 0 Å². The SMILES string of the molecule is CC1(C)C(C(O)c2ccc3ccccc3c2)C1(C)C. The first kappa shape index (κ1) is 12.7. The van der Waals surface area contributed by atoms with E-state index in [0.29, 0.717) is 5.92 Å². The van der Waals surface area contributed by atoms with Crippen LogP contribution in [0.3, 0.4) is 0 Å². The van der Waals surface area contributed by atoms with Crippen LogP contribution in [0.2, 0.25) is 0 Å². The highest BCUT2D eigenvalue weighted by atomic mass is 16.3. The Morgan fingerprint density at radius 1 is 0.895 bits per heavy atom. The number of fused-ring (bicyclic) bond motifs is 1. The Labute approximate surface area is 115 Å². The van der Waals surface area contributed by atoms with E-state index >= 15 is 0 Å². The van der Waals surface area contributed by atoms with Crippen LogP contribution in [-0.4, -0.2) is 5.11 Å². The van der Waals surface area contributed by atoms with E-state index in [1.54, 1.807) is 0 Å². The van der Waals surface area contributed by atoms with Crippen molar-refractivity contribution in [2.24, 2.45) is 16.7 Å². The minimum Gasteiger partial charge on any atom is -0.388 e. The second-order valence-corrected chi connectivity index (χ2v) is 6.97. The molecule has 1 heteroatoms. The van der Waals surface area contributed by atoms with Gasteiger partial charge in [-0.25, -0.2) is 0 Å². The number of aliphatic hydroxyl groups is 1. The van der Waals surface area contributed by atoms with Crippen molar-refractivity contribution >= 4 is 10.8 Å². The first-order valence-electron chi connectivity index (χ1n) is 7.02. The van der Waals surface area contributed by atoms with E-state index < -0.39 is 0 Å². The average Bonchev–Trinajstić information content (AvgIpc) is 2.78. The first-order valence-corrected chi connectivity index (χ1v) is 7.02. The summed E-state index contributed by atoms with van der Waals surface area (Å²) in [5, 5.41) is 13.1.